The highest BCUT2D eigenvalue weighted by atomic mass is 15.1. The van der Waals surface area contributed by atoms with E-state index in [-0.39, 0.29) is 0 Å². The zero-order chi connectivity index (χ0) is 10.7. The molecule has 1 aromatic carbocycles. The molecule has 1 heterocycles. The molecule has 0 aromatic heterocycles. The van der Waals surface area contributed by atoms with Crippen LogP contribution in [0.25, 0.3) is 0 Å². The van der Waals surface area contributed by atoms with Crippen molar-refractivity contribution in [1.82, 2.24) is 0 Å². The maximum absolute atomic E-state index is 5.93. The molecule has 1 aromatic rings. The maximum Gasteiger partial charge on any atom is 0.0370 e. The van der Waals surface area contributed by atoms with Gasteiger partial charge in [0.1, 0.15) is 0 Å². The molecule has 1 aliphatic rings. The molecule has 1 fully saturated rings. The summed E-state index contributed by atoms with van der Waals surface area (Å²) in [5, 5.41) is 0. The van der Waals surface area contributed by atoms with Crippen molar-refractivity contribution in [3.05, 3.63) is 30.7 Å². The highest BCUT2D eigenvalue weighted by molar-refractivity contribution is 5.58. The summed E-state index contributed by atoms with van der Waals surface area (Å²) >= 11 is 0. The standard InChI is InChI=1S/C13H19N2/c1-2-5-11-10-12(6-7-13(11)14)15-8-3-4-9-15/h6-7,10H,1-5,8-9,14H2. The average molecular weight is 203 g/mol. The van der Waals surface area contributed by atoms with Gasteiger partial charge in [-0.3, -0.25) is 0 Å². The molecule has 2 heteroatoms. The number of rotatable bonds is 3. The van der Waals surface area contributed by atoms with E-state index in [0.717, 1.165) is 18.5 Å². The van der Waals surface area contributed by atoms with E-state index in [1.54, 1.807) is 0 Å². The highest BCUT2D eigenvalue weighted by Crippen LogP contribution is 2.25. The first kappa shape index (κ1) is 10.3. The van der Waals surface area contributed by atoms with Crippen molar-refractivity contribution >= 4 is 11.4 Å². The van der Waals surface area contributed by atoms with E-state index in [1.807, 2.05) is 6.07 Å². The van der Waals surface area contributed by atoms with Crippen molar-refractivity contribution in [3.63, 3.8) is 0 Å². The Balaban J connectivity index is 2.21. The third kappa shape index (κ3) is 2.25. The summed E-state index contributed by atoms with van der Waals surface area (Å²) in [6, 6.07) is 6.39. The fourth-order valence-corrected chi connectivity index (χ4v) is 2.17. The minimum Gasteiger partial charge on any atom is -0.399 e. The van der Waals surface area contributed by atoms with Crippen molar-refractivity contribution in [1.29, 1.82) is 0 Å². The molecule has 2 rings (SSSR count). The zero-order valence-corrected chi connectivity index (χ0v) is 9.21. The van der Waals surface area contributed by atoms with Crippen LogP contribution >= 0.6 is 0 Å². The van der Waals surface area contributed by atoms with Crippen molar-refractivity contribution in [2.24, 2.45) is 0 Å². The van der Waals surface area contributed by atoms with E-state index >= 15 is 0 Å². The summed E-state index contributed by atoms with van der Waals surface area (Å²) < 4.78 is 0. The quantitative estimate of drug-likeness (QED) is 0.765. The van der Waals surface area contributed by atoms with Crippen LogP contribution in [0, 0.1) is 6.92 Å². The normalized spacial score (nSPS) is 15.9. The monoisotopic (exact) mass is 203 g/mol. The van der Waals surface area contributed by atoms with E-state index in [4.69, 9.17) is 5.73 Å². The number of benzene rings is 1. The molecule has 0 amide bonds. The Labute approximate surface area is 92.1 Å². The van der Waals surface area contributed by atoms with Crippen molar-refractivity contribution in [3.8, 4) is 0 Å². The molecule has 0 aliphatic carbocycles. The third-order valence-electron chi connectivity index (χ3n) is 3.04. The van der Waals surface area contributed by atoms with E-state index in [9.17, 15) is 0 Å². The van der Waals surface area contributed by atoms with Crippen LogP contribution in [0.3, 0.4) is 0 Å². The number of hydrogen-bond donors (Lipinski definition) is 1. The van der Waals surface area contributed by atoms with E-state index in [2.05, 4.69) is 24.0 Å². The van der Waals surface area contributed by atoms with Crippen LogP contribution in [0.2, 0.25) is 0 Å². The second-order valence-electron chi connectivity index (χ2n) is 4.18. The lowest BCUT2D eigenvalue weighted by atomic mass is 10.1. The first-order valence-electron chi connectivity index (χ1n) is 5.74. The van der Waals surface area contributed by atoms with Crippen LogP contribution in [0.5, 0.6) is 0 Å². The summed E-state index contributed by atoms with van der Waals surface area (Å²) in [4.78, 5) is 2.44. The molecule has 1 saturated heterocycles. The molecule has 0 atom stereocenters. The van der Waals surface area contributed by atoms with Gasteiger partial charge in [-0.25, -0.2) is 0 Å². The lowest BCUT2D eigenvalue weighted by Gasteiger charge is -2.19. The Hall–Kier alpha value is -1.18. The maximum atomic E-state index is 5.93. The second kappa shape index (κ2) is 4.56. The minimum atomic E-state index is 0.904. The second-order valence-corrected chi connectivity index (χ2v) is 4.18. The fraction of sp³-hybridized carbons (Fsp3) is 0.462. The average Bonchev–Trinajstić information content (AvgIpc) is 2.75. The van der Waals surface area contributed by atoms with Gasteiger partial charge in [-0.2, -0.15) is 0 Å². The fourth-order valence-electron chi connectivity index (χ4n) is 2.17. The van der Waals surface area contributed by atoms with Crippen molar-refractivity contribution < 1.29 is 0 Å². The summed E-state index contributed by atoms with van der Waals surface area (Å²) in [7, 11) is 0. The summed E-state index contributed by atoms with van der Waals surface area (Å²) in [6.07, 6.45) is 4.52. The Morgan fingerprint density at radius 3 is 2.67 bits per heavy atom. The van der Waals surface area contributed by atoms with Gasteiger partial charge in [-0.1, -0.05) is 6.92 Å². The number of nitrogens with two attached hydrogens (primary N) is 1. The third-order valence-corrected chi connectivity index (χ3v) is 3.04. The number of aryl methyl sites for hydroxylation is 1. The van der Waals surface area contributed by atoms with Crippen LogP contribution in [0.1, 0.15) is 24.8 Å². The molecule has 0 saturated carbocycles. The highest BCUT2D eigenvalue weighted by Gasteiger charge is 2.12. The molecule has 1 radical (unpaired) electrons. The molecule has 0 unspecified atom stereocenters. The lowest BCUT2D eigenvalue weighted by Crippen LogP contribution is -2.17. The van der Waals surface area contributed by atoms with Crippen LogP contribution in [0.15, 0.2) is 18.2 Å². The first-order valence-corrected chi connectivity index (χ1v) is 5.74. The predicted molar refractivity (Wildman–Crippen MR) is 66.0 cm³/mol. The van der Waals surface area contributed by atoms with Gasteiger partial charge in [0, 0.05) is 24.5 Å². The van der Waals surface area contributed by atoms with Gasteiger partial charge in [0.2, 0.25) is 0 Å². The van der Waals surface area contributed by atoms with Gasteiger partial charge in [0.25, 0.3) is 0 Å². The van der Waals surface area contributed by atoms with E-state index in [0.29, 0.717) is 0 Å². The van der Waals surface area contributed by atoms with Crippen LogP contribution < -0.4 is 10.6 Å². The zero-order valence-electron chi connectivity index (χ0n) is 9.21. The number of hydrogen-bond acceptors (Lipinski definition) is 2. The summed E-state index contributed by atoms with van der Waals surface area (Å²) in [5.74, 6) is 0. The molecule has 2 nitrogen and oxygen atoms in total. The van der Waals surface area contributed by atoms with E-state index in [1.165, 1.54) is 37.2 Å². The van der Waals surface area contributed by atoms with Crippen LogP contribution in [0.4, 0.5) is 11.4 Å². The summed E-state index contributed by atoms with van der Waals surface area (Å²) in [5.41, 5.74) is 9.40. The van der Waals surface area contributed by atoms with Crippen molar-refractivity contribution in [2.75, 3.05) is 23.7 Å². The van der Waals surface area contributed by atoms with Gasteiger partial charge in [0.15, 0.2) is 0 Å². The number of nitrogens with zero attached hydrogens (tertiary/aromatic N) is 1. The molecule has 0 spiro atoms. The predicted octanol–water partition coefficient (Wildman–Crippen LogP) is 2.64. The lowest BCUT2D eigenvalue weighted by molar-refractivity contribution is 0.949. The largest absolute Gasteiger partial charge is 0.399 e. The molecule has 2 N–H and O–H groups in total. The Kier molecular flexibility index (Phi) is 3.14. The van der Waals surface area contributed by atoms with Gasteiger partial charge < -0.3 is 10.6 Å². The number of nitrogen functional groups attached to an aromatic ring is 1. The van der Waals surface area contributed by atoms with Gasteiger partial charge in [-0.05, 0) is 49.4 Å². The molecule has 15 heavy (non-hydrogen) atoms. The van der Waals surface area contributed by atoms with Crippen molar-refractivity contribution in [2.45, 2.75) is 25.7 Å². The van der Waals surface area contributed by atoms with Crippen LogP contribution in [-0.2, 0) is 6.42 Å². The molecular weight excluding hydrogens is 184 g/mol. The Bertz CT molecular complexity index is 327. The molecule has 0 bridgehead atoms. The van der Waals surface area contributed by atoms with Crippen LogP contribution in [-0.4, -0.2) is 13.1 Å². The molecular formula is C13H19N2. The Morgan fingerprint density at radius 1 is 1.27 bits per heavy atom. The van der Waals surface area contributed by atoms with Gasteiger partial charge in [0.05, 0.1) is 0 Å². The first-order chi connectivity index (χ1) is 7.31. The number of anilines is 2. The topological polar surface area (TPSA) is 29.3 Å². The SMILES string of the molecule is [CH2]CCc1cc(N2CCCC2)ccc1N. The molecule has 81 valence electrons. The minimum absolute atomic E-state index is 0.904. The van der Waals surface area contributed by atoms with Gasteiger partial charge >= 0.3 is 0 Å². The van der Waals surface area contributed by atoms with E-state index < -0.39 is 0 Å². The summed E-state index contributed by atoms with van der Waals surface area (Å²) in [6.45, 7) is 6.26. The van der Waals surface area contributed by atoms with Gasteiger partial charge in [-0.15, -0.1) is 0 Å². The molecule has 1 aliphatic heterocycles. The Morgan fingerprint density at radius 2 is 2.00 bits per heavy atom. The smallest absolute Gasteiger partial charge is 0.0370 e.